The second-order valence-corrected chi connectivity index (χ2v) is 7.16. The van der Waals surface area contributed by atoms with Crippen molar-refractivity contribution in [1.29, 1.82) is 0 Å². The van der Waals surface area contributed by atoms with Gasteiger partial charge in [-0.05, 0) is 19.9 Å². The summed E-state index contributed by atoms with van der Waals surface area (Å²) in [5.41, 5.74) is -0.678. The molecule has 1 heterocycles. The highest BCUT2D eigenvalue weighted by Crippen LogP contribution is 2.23. The number of aliphatic hydroxyl groups excluding tert-OH is 1. The Kier molecular flexibility index (Phi) is 4.62. The first-order valence-corrected chi connectivity index (χ1v) is 7.50. The maximum atomic E-state index is 12.5. The predicted molar refractivity (Wildman–Crippen MR) is 74.9 cm³/mol. The van der Waals surface area contributed by atoms with E-state index in [1.54, 1.807) is 20.9 Å². The number of aromatic nitrogens is 1. The fourth-order valence-electron chi connectivity index (χ4n) is 1.61. The molecule has 0 fully saturated rings. The van der Waals surface area contributed by atoms with E-state index in [-0.39, 0.29) is 23.1 Å². The van der Waals surface area contributed by atoms with Crippen molar-refractivity contribution in [3.63, 3.8) is 0 Å². The van der Waals surface area contributed by atoms with E-state index in [0.717, 1.165) is 4.31 Å². The lowest BCUT2D eigenvalue weighted by Gasteiger charge is -2.32. The monoisotopic (exact) mass is 303 g/mol. The Morgan fingerprint density at radius 3 is 2.50 bits per heavy atom. The van der Waals surface area contributed by atoms with Crippen LogP contribution in [0, 0.1) is 0 Å². The van der Waals surface area contributed by atoms with Crippen LogP contribution < -0.4 is 5.32 Å². The second kappa shape index (κ2) is 5.55. The van der Waals surface area contributed by atoms with Gasteiger partial charge in [-0.25, -0.2) is 8.42 Å². The number of aliphatic hydroxyl groups is 1. The Labute approximate surface area is 119 Å². The van der Waals surface area contributed by atoms with Gasteiger partial charge in [0.15, 0.2) is 0 Å². The van der Waals surface area contributed by atoms with Gasteiger partial charge in [-0.2, -0.15) is 4.31 Å². The van der Waals surface area contributed by atoms with Crippen LogP contribution in [0.5, 0.6) is 0 Å². The first-order valence-electron chi connectivity index (χ1n) is 6.06. The molecule has 0 aromatic carbocycles. The van der Waals surface area contributed by atoms with Crippen LogP contribution in [0.3, 0.4) is 0 Å². The largest absolute Gasteiger partial charge is 0.394 e. The highest BCUT2D eigenvalue weighted by atomic mass is 32.2. The molecular weight excluding hydrogens is 282 g/mol. The van der Waals surface area contributed by atoms with E-state index in [9.17, 15) is 18.3 Å². The molecule has 1 aromatic heterocycles. The summed E-state index contributed by atoms with van der Waals surface area (Å²) in [5.74, 6) is -0.363. The normalized spacial score (nSPS) is 12.8. The van der Waals surface area contributed by atoms with E-state index in [2.05, 4.69) is 5.32 Å². The maximum Gasteiger partial charge on any atom is 0.267 e. The summed E-state index contributed by atoms with van der Waals surface area (Å²) in [4.78, 5) is 11.6. The third kappa shape index (κ3) is 2.87. The average molecular weight is 303 g/mol. The van der Waals surface area contributed by atoms with Gasteiger partial charge < -0.3 is 15.0 Å². The quantitative estimate of drug-likeness (QED) is 0.786. The lowest BCUT2D eigenvalue weighted by molar-refractivity contribution is 0.0955. The standard InChI is InChI=1S/C12H21N3O4S/c1-12(2,8-16)15(5)20(18,19)9-6-10(11(17)13-3)14(4)7-9/h6-7,16H,8H2,1-5H3,(H,13,17). The van der Waals surface area contributed by atoms with Gasteiger partial charge in [0, 0.05) is 27.3 Å². The molecule has 0 atom stereocenters. The van der Waals surface area contributed by atoms with Gasteiger partial charge in [-0.3, -0.25) is 4.79 Å². The number of amides is 1. The van der Waals surface area contributed by atoms with Crippen LogP contribution in [0.15, 0.2) is 17.2 Å². The van der Waals surface area contributed by atoms with Gasteiger partial charge in [-0.15, -0.1) is 0 Å². The van der Waals surface area contributed by atoms with Crippen LogP contribution >= 0.6 is 0 Å². The summed E-state index contributed by atoms with van der Waals surface area (Å²) in [6.07, 6.45) is 1.38. The zero-order valence-corrected chi connectivity index (χ0v) is 13.2. The van der Waals surface area contributed by atoms with Crippen LogP contribution in [0.2, 0.25) is 0 Å². The molecule has 0 bridgehead atoms. The van der Waals surface area contributed by atoms with E-state index in [1.165, 1.54) is 30.9 Å². The highest BCUT2D eigenvalue weighted by Gasteiger charge is 2.34. The molecule has 0 aliphatic rings. The molecule has 2 N–H and O–H groups in total. The minimum absolute atomic E-state index is 0.0163. The molecule has 0 radical (unpaired) electrons. The van der Waals surface area contributed by atoms with Crippen molar-refractivity contribution >= 4 is 15.9 Å². The molecular formula is C12H21N3O4S. The first kappa shape index (κ1) is 16.7. The maximum absolute atomic E-state index is 12.5. The molecule has 1 amide bonds. The molecule has 114 valence electrons. The third-order valence-electron chi connectivity index (χ3n) is 3.34. The van der Waals surface area contributed by atoms with Crippen molar-refractivity contribution in [2.24, 2.45) is 7.05 Å². The Morgan fingerprint density at radius 2 is 2.05 bits per heavy atom. The summed E-state index contributed by atoms with van der Waals surface area (Å²) in [6.45, 7) is 2.93. The fourth-order valence-corrected chi connectivity index (χ4v) is 3.19. The Morgan fingerprint density at radius 1 is 1.50 bits per heavy atom. The number of sulfonamides is 1. The molecule has 0 unspecified atom stereocenters. The Bertz CT molecular complexity index is 604. The number of aryl methyl sites for hydroxylation is 1. The van der Waals surface area contributed by atoms with Crippen molar-refractivity contribution in [1.82, 2.24) is 14.2 Å². The first-order chi connectivity index (χ1) is 9.07. The van der Waals surface area contributed by atoms with Crippen molar-refractivity contribution in [2.75, 3.05) is 20.7 Å². The van der Waals surface area contributed by atoms with E-state index in [1.807, 2.05) is 0 Å². The molecule has 1 aromatic rings. The van der Waals surface area contributed by atoms with E-state index in [4.69, 9.17) is 0 Å². The molecule has 1 rings (SSSR count). The summed E-state index contributed by atoms with van der Waals surface area (Å²) < 4.78 is 27.5. The average Bonchev–Trinajstić information content (AvgIpc) is 2.79. The number of nitrogens with zero attached hydrogens (tertiary/aromatic N) is 2. The van der Waals surface area contributed by atoms with Gasteiger partial charge in [0.25, 0.3) is 5.91 Å². The number of nitrogens with one attached hydrogen (secondary N) is 1. The van der Waals surface area contributed by atoms with Crippen molar-refractivity contribution in [3.05, 3.63) is 18.0 Å². The third-order valence-corrected chi connectivity index (χ3v) is 5.37. The molecule has 20 heavy (non-hydrogen) atoms. The second-order valence-electron chi connectivity index (χ2n) is 5.19. The molecule has 0 aliphatic carbocycles. The number of hydrogen-bond acceptors (Lipinski definition) is 4. The predicted octanol–water partition coefficient (Wildman–Crippen LogP) is -0.224. The van der Waals surface area contributed by atoms with E-state index >= 15 is 0 Å². The summed E-state index contributed by atoms with van der Waals surface area (Å²) in [5, 5.41) is 11.7. The van der Waals surface area contributed by atoms with Crippen molar-refractivity contribution in [3.8, 4) is 0 Å². The van der Waals surface area contributed by atoms with Crippen molar-refractivity contribution in [2.45, 2.75) is 24.3 Å². The topological polar surface area (TPSA) is 91.6 Å². The molecule has 0 spiro atoms. The van der Waals surface area contributed by atoms with Crippen LogP contribution in [0.25, 0.3) is 0 Å². The molecule has 0 saturated carbocycles. The van der Waals surface area contributed by atoms with Crippen molar-refractivity contribution < 1.29 is 18.3 Å². The number of carbonyl (C=O) groups is 1. The van der Waals surface area contributed by atoms with Crippen LogP contribution in [-0.2, 0) is 17.1 Å². The van der Waals surface area contributed by atoms with Gasteiger partial charge >= 0.3 is 0 Å². The molecule has 0 aliphatic heterocycles. The summed E-state index contributed by atoms with van der Waals surface area (Å²) in [7, 11) is 0.696. The zero-order chi connectivity index (χ0) is 15.7. The minimum Gasteiger partial charge on any atom is -0.394 e. The zero-order valence-electron chi connectivity index (χ0n) is 12.3. The smallest absolute Gasteiger partial charge is 0.267 e. The SMILES string of the molecule is CNC(=O)c1cc(S(=O)(=O)N(C)C(C)(C)CO)cn1C. The highest BCUT2D eigenvalue weighted by molar-refractivity contribution is 7.89. The van der Waals surface area contributed by atoms with Crippen LogP contribution in [-0.4, -0.2) is 54.5 Å². The molecule has 0 saturated heterocycles. The summed E-state index contributed by atoms with van der Waals surface area (Å²) >= 11 is 0. The van der Waals surface area contributed by atoms with Gasteiger partial charge in [0.1, 0.15) is 10.6 Å². The van der Waals surface area contributed by atoms with Crippen LogP contribution in [0.4, 0.5) is 0 Å². The minimum atomic E-state index is -3.78. The van der Waals surface area contributed by atoms with E-state index < -0.39 is 15.6 Å². The number of likely N-dealkylation sites (N-methyl/N-ethyl adjacent to an activating group) is 1. The van der Waals surface area contributed by atoms with Gasteiger partial charge in [-0.1, -0.05) is 0 Å². The lowest BCUT2D eigenvalue weighted by Crippen LogP contribution is -2.47. The fraction of sp³-hybridized carbons (Fsp3) is 0.583. The van der Waals surface area contributed by atoms with Gasteiger partial charge in [0.2, 0.25) is 10.0 Å². The van der Waals surface area contributed by atoms with Gasteiger partial charge in [0.05, 0.1) is 12.1 Å². The molecule has 7 nitrogen and oxygen atoms in total. The number of carbonyl (C=O) groups excluding carboxylic acids is 1. The Balaban J connectivity index is 3.28. The van der Waals surface area contributed by atoms with Crippen LogP contribution in [0.1, 0.15) is 24.3 Å². The summed E-state index contributed by atoms with van der Waals surface area (Å²) in [6, 6.07) is 1.32. The number of hydrogen-bond donors (Lipinski definition) is 2. The Hall–Kier alpha value is -1.38. The van der Waals surface area contributed by atoms with E-state index in [0.29, 0.717) is 0 Å². The number of rotatable bonds is 5. The lowest BCUT2D eigenvalue weighted by atomic mass is 10.1. The molecule has 8 heteroatoms.